The van der Waals surface area contributed by atoms with Crippen molar-refractivity contribution >= 4 is 29.1 Å². The molecular weight excluding hydrogens is 502 g/mol. The van der Waals surface area contributed by atoms with E-state index in [9.17, 15) is 9.59 Å². The number of nitrogens with zero attached hydrogens (tertiary/aromatic N) is 5. The number of benzene rings is 2. The lowest BCUT2D eigenvalue weighted by Crippen LogP contribution is -2.39. The molecule has 0 atom stereocenters. The predicted molar refractivity (Wildman–Crippen MR) is 149 cm³/mol. The van der Waals surface area contributed by atoms with E-state index in [0.29, 0.717) is 49.2 Å². The maximum atomic E-state index is 14.0. The molecule has 38 heavy (non-hydrogen) atoms. The van der Waals surface area contributed by atoms with Gasteiger partial charge in [-0.1, -0.05) is 53.2 Å². The summed E-state index contributed by atoms with van der Waals surface area (Å²) in [5, 5.41) is 4.72. The number of carbonyl (C=O) groups is 2. The van der Waals surface area contributed by atoms with E-state index in [1.165, 1.54) is 5.56 Å². The zero-order chi connectivity index (χ0) is 27.2. The van der Waals surface area contributed by atoms with Crippen LogP contribution in [-0.4, -0.2) is 71.9 Å². The Morgan fingerprint density at radius 2 is 1.82 bits per heavy atom. The molecule has 0 saturated heterocycles. The van der Waals surface area contributed by atoms with E-state index in [1.807, 2.05) is 61.2 Å². The number of rotatable bonds is 5. The van der Waals surface area contributed by atoms with Crippen molar-refractivity contribution in [2.75, 3.05) is 45.2 Å². The maximum Gasteiger partial charge on any atom is 0.276 e. The molecule has 2 amide bonds. The van der Waals surface area contributed by atoms with Crippen LogP contribution >= 0.6 is 11.6 Å². The third kappa shape index (κ3) is 6.81. The Labute approximate surface area is 229 Å². The fourth-order valence-electron chi connectivity index (χ4n) is 4.87. The molecule has 0 N–H and O–H groups in total. The van der Waals surface area contributed by atoms with Crippen LogP contribution in [-0.2, 0) is 24.4 Å². The van der Waals surface area contributed by atoms with Crippen molar-refractivity contribution in [2.45, 2.75) is 39.9 Å². The molecule has 3 aromatic rings. The van der Waals surface area contributed by atoms with E-state index in [2.05, 4.69) is 22.2 Å². The second-order valence-corrected chi connectivity index (χ2v) is 10.5. The van der Waals surface area contributed by atoms with E-state index in [0.717, 1.165) is 36.3 Å². The average molecular weight is 538 g/mol. The van der Waals surface area contributed by atoms with Gasteiger partial charge in [0.25, 0.3) is 5.91 Å². The molecule has 4 rings (SSSR count). The molecule has 8 nitrogen and oxygen atoms in total. The number of anilines is 1. The Bertz CT molecular complexity index is 1260. The molecule has 0 bridgehead atoms. The van der Waals surface area contributed by atoms with Gasteiger partial charge in [0, 0.05) is 63.3 Å². The summed E-state index contributed by atoms with van der Waals surface area (Å²) in [7, 11) is 3.90. The van der Waals surface area contributed by atoms with Crippen LogP contribution in [0.2, 0.25) is 5.02 Å². The number of hydrogen-bond acceptors (Lipinski definition) is 6. The van der Waals surface area contributed by atoms with Gasteiger partial charge in [0.05, 0.1) is 5.69 Å². The van der Waals surface area contributed by atoms with Gasteiger partial charge in [-0.2, -0.15) is 0 Å². The topological polar surface area (TPSA) is 73.1 Å². The molecule has 1 aliphatic heterocycles. The summed E-state index contributed by atoms with van der Waals surface area (Å²) in [5.74, 6) is 0.397. The minimum atomic E-state index is -0.187. The zero-order valence-corrected chi connectivity index (χ0v) is 23.4. The molecule has 2 aromatic carbocycles. The highest BCUT2D eigenvalue weighted by Gasteiger charge is 2.28. The fourth-order valence-corrected chi connectivity index (χ4v) is 5.03. The van der Waals surface area contributed by atoms with Crippen molar-refractivity contribution in [1.82, 2.24) is 19.9 Å². The standard InChI is InChI=1S/C29H36ClN5O3/c1-21-26(20-32(3)4)28(31-38-21)29(37)34-16-15-33(18-23-9-6-5-7-10-23)13-8-14-35(22(2)36)27-17-25(30)12-11-24(27)19-34/h5-7,9-12,17H,8,13-16,18-20H2,1-4H3. The van der Waals surface area contributed by atoms with Crippen LogP contribution in [0.5, 0.6) is 0 Å². The Morgan fingerprint density at radius 1 is 1.05 bits per heavy atom. The van der Waals surface area contributed by atoms with Crippen molar-refractivity contribution in [3.8, 4) is 0 Å². The molecule has 0 saturated carbocycles. The molecule has 0 radical (unpaired) electrons. The number of halogens is 1. The lowest BCUT2D eigenvalue weighted by Gasteiger charge is -2.28. The monoisotopic (exact) mass is 537 g/mol. The Morgan fingerprint density at radius 3 is 2.53 bits per heavy atom. The lowest BCUT2D eigenvalue weighted by molar-refractivity contribution is -0.116. The number of aromatic nitrogens is 1. The van der Waals surface area contributed by atoms with Crippen LogP contribution in [0.25, 0.3) is 0 Å². The van der Waals surface area contributed by atoms with E-state index in [-0.39, 0.29) is 11.8 Å². The van der Waals surface area contributed by atoms with Crippen LogP contribution in [0.3, 0.4) is 0 Å². The van der Waals surface area contributed by atoms with Crippen LogP contribution in [0.1, 0.15) is 46.3 Å². The second-order valence-electron chi connectivity index (χ2n) is 10.1. The Kier molecular flexibility index (Phi) is 9.20. The SMILES string of the molecule is CC(=O)N1CCCN(Cc2ccccc2)CCN(C(=O)c2noc(C)c2CN(C)C)Cc2ccc(Cl)cc21. The minimum Gasteiger partial charge on any atom is -0.361 e. The highest BCUT2D eigenvalue weighted by molar-refractivity contribution is 6.31. The fraction of sp³-hybridized carbons (Fsp3) is 0.414. The summed E-state index contributed by atoms with van der Waals surface area (Å²) in [5.41, 5.74) is 3.93. The van der Waals surface area contributed by atoms with Crippen LogP contribution in [0, 0.1) is 6.92 Å². The molecule has 9 heteroatoms. The largest absolute Gasteiger partial charge is 0.361 e. The minimum absolute atomic E-state index is 0.0550. The summed E-state index contributed by atoms with van der Waals surface area (Å²) >= 11 is 6.37. The van der Waals surface area contributed by atoms with Gasteiger partial charge in [-0.3, -0.25) is 14.5 Å². The number of hydrogen-bond donors (Lipinski definition) is 0. The second kappa shape index (κ2) is 12.6. The van der Waals surface area contributed by atoms with Crippen molar-refractivity contribution in [3.05, 3.63) is 81.7 Å². The number of aryl methyl sites for hydroxylation is 1. The lowest BCUT2D eigenvalue weighted by atomic mass is 10.1. The molecule has 2 heterocycles. The first-order valence-electron chi connectivity index (χ1n) is 12.9. The molecule has 0 aliphatic carbocycles. The first kappa shape index (κ1) is 27.8. The summed E-state index contributed by atoms with van der Waals surface area (Å²) in [4.78, 5) is 34.6. The van der Waals surface area contributed by atoms with Gasteiger partial charge in [0.2, 0.25) is 5.91 Å². The first-order chi connectivity index (χ1) is 18.2. The number of fused-ring (bicyclic) bond motifs is 1. The highest BCUT2D eigenvalue weighted by atomic mass is 35.5. The molecule has 202 valence electrons. The number of carbonyl (C=O) groups excluding carboxylic acids is 2. The molecule has 0 unspecified atom stereocenters. The molecular formula is C29H36ClN5O3. The summed E-state index contributed by atoms with van der Waals surface area (Å²) < 4.78 is 5.46. The van der Waals surface area contributed by atoms with Gasteiger partial charge < -0.3 is 19.2 Å². The summed E-state index contributed by atoms with van der Waals surface area (Å²) in [6.07, 6.45) is 0.793. The molecule has 0 spiro atoms. The van der Waals surface area contributed by atoms with Gasteiger partial charge in [-0.15, -0.1) is 0 Å². The van der Waals surface area contributed by atoms with E-state index < -0.39 is 0 Å². The van der Waals surface area contributed by atoms with E-state index in [4.69, 9.17) is 16.1 Å². The Hall–Kier alpha value is -3.20. The van der Waals surface area contributed by atoms with Crippen LogP contribution < -0.4 is 4.90 Å². The maximum absolute atomic E-state index is 14.0. The summed E-state index contributed by atoms with van der Waals surface area (Å²) in [6.45, 7) is 7.57. The quantitative estimate of drug-likeness (QED) is 0.473. The van der Waals surface area contributed by atoms with Gasteiger partial charge in [0.15, 0.2) is 5.69 Å². The normalized spacial score (nSPS) is 15.3. The smallest absolute Gasteiger partial charge is 0.276 e. The molecule has 0 fully saturated rings. The molecule has 1 aliphatic rings. The average Bonchev–Trinajstić information content (AvgIpc) is 3.22. The Balaban J connectivity index is 1.71. The third-order valence-corrected chi connectivity index (χ3v) is 7.05. The highest BCUT2D eigenvalue weighted by Crippen LogP contribution is 2.28. The van der Waals surface area contributed by atoms with Gasteiger partial charge in [-0.25, -0.2) is 0 Å². The van der Waals surface area contributed by atoms with Crippen molar-refractivity contribution in [1.29, 1.82) is 0 Å². The molecule has 1 aromatic heterocycles. The van der Waals surface area contributed by atoms with Crippen molar-refractivity contribution in [2.24, 2.45) is 0 Å². The predicted octanol–water partition coefficient (Wildman–Crippen LogP) is 4.60. The first-order valence-corrected chi connectivity index (χ1v) is 13.3. The van der Waals surface area contributed by atoms with Crippen LogP contribution in [0.15, 0.2) is 53.1 Å². The van der Waals surface area contributed by atoms with Crippen molar-refractivity contribution < 1.29 is 14.1 Å². The van der Waals surface area contributed by atoms with Gasteiger partial charge >= 0.3 is 0 Å². The third-order valence-electron chi connectivity index (χ3n) is 6.82. The van der Waals surface area contributed by atoms with Crippen LogP contribution in [0.4, 0.5) is 5.69 Å². The summed E-state index contributed by atoms with van der Waals surface area (Å²) in [6, 6.07) is 15.8. The van der Waals surface area contributed by atoms with Gasteiger partial charge in [0.1, 0.15) is 5.76 Å². The van der Waals surface area contributed by atoms with E-state index in [1.54, 1.807) is 17.9 Å². The number of amides is 2. The van der Waals surface area contributed by atoms with Gasteiger partial charge in [-0.05, 0) is 50.7 Å². The van der Waals surface area contributed by atoms with Crippen molar-refractivity contribution in [3.63, 3.8) is 0 Å². The van der Waals surface area contributed by atoms with E-state index >= 15 is 0 Å². The zero-order valence-electron chi connectivity index (χ0n) is 22.6.